The number of aliphatic hydroxyl groups excluding tert-OH is 1. The standard InChI is InChI=1S/C14H21BrN2O3S/c1-16-8-6-13(7-9-16)17(10-11-18)21(19,20)14-4-2-12(15)3-5-14/h2-5,13,18H,6-11H2,1H3. The Hall–Kier alpha value is -0.470. The van der Waals surface area contributed by atoms with E-state index in [9.17, 15) is 13.5 Å². The molecule has 1 aromatic rings. The first-order valence-corrected chi connectivity index (χ1v) is 9.25. The van der Waals surface area contributed by atoms with Gasteiger partial charge in [-0.2, -0.15) is 4.31 Å². The summed E-state index contributed by atoms with van der Waals surface area (Å²) in [6.07, 6.45) is 1.60. The van der Waals surface area contributed by atoms with E-state index in [1.807, 2.05) is 7.05 Å². The van der Waals surface area contributed by atoms with Gasteiger partial charge in [-0.15, -0.1) is 0 Å². The molecule has 0 radical (unpaired) electrons. The number of piperidine rings is 1. The molecule has 21 heavy (non-hydrogen) atoms. The van der Waals surface area contributed by atoms with Crippen LogP contribution < -0.4 is 0 Å². The lowest BCUT2D eigenvalue weighted by Gasteiger charge is -2.36. The third-order valence-electron chi connectivity index (χ3n) is 3.84. The molecule has 0 atom stereocenters. The maximum absolute atomic E-state index is 12.8. The van der Waals surface area contributed by atoms with Crippen LogP contribution in [0.15, 0.2) is 33.6 Å². The van der Waals surface area contributed by atoms with E-state index in [2.05, 4.69) is 20.8 Å². The summed E-state index contributed by atoms with van der Waals surface area (Å²) in [4.78, 5) is 2.47. The van der Waals surface area contributed by atoms with Gasteiger partial charge < -0.3 is 10.0 Å². The highest BCUT2D eigenvalue weighted by molar-refractivity contribution is 9.10. The summed E-state index contributed by atoms with van der Waals surface area (Å²) in [6.45, 7) is 1.74. The first-order chi connectivity index (χ1) is 9.95. The Bertz CT molecular complexity index is 554. The second-order valence-corrected chi connectivity index (χ2v) is 8.13. The van der Waals surface area contributed by atoms with E-state index in [1.165, 1.54) is 4.31 Å². The van der Waals surface area contributed by atoms with Crippen molar-refractivity contribution in [3.8, 4) is 0 Å². The van der Waals surface area contributed by atoms with Crippen molar-refractivity contribution in [2.24, 2.45) is 0 Å². The smallest absolute Gasteiger partial charge is 0.243 e. The van der Waals surface area contributed by atoms with Crippen LogP contribution in [0.2, 0.25) is 0 Å². The molecule has 1 heterocycles. The SMILES string of the molecule is CN1CCC(N(CCO)S(=O)(=O)c2ccc(Br)cc2)CC1. The Balaban J connectivity index is 2.25. The van der Waals surface area contributed by atoms with Gasteiger partial charge in [0.05, 0.1) is 11.5 Å². The van der Waals surface area contributed by atoms with Crippen LogP contribution in [-0.2, 0) is 10.0 Å². The lowest BCUT2D eigenvalue weighted by Crippen LogP contribution is -2.47. The van der Waals surface area contributed by atoms with Gasteiger partial charge in [-0.05, 0) is 57.2 Å². The molecular formula is C14H21BrN2O3S. The van der Waals surface area contributed by atoms with Crippen molar-refractivity contribution in [2.45, 2.75) is 23.8 Å². The molecule has 1 fully saturated rings. The number of sulfonamides is 1. The van der Waals surface area contributed by atoms with Crippen LogP contribution in [0.3, 0.4) is 0 Å². The van der Waals surface area contributed by atoms with Gasteiger partial charge in [0.15, 0.2) is 0 Å². The second kappa shape index (κ2) is 7.19. The fourth-order valence-electron chi connectivity index (χ4n) is 2.62. The molecule has 1 aromatic carbocycles. The first kappa shape index (κ1) is 16.9. The van der Waals surface area contributed by atoms with Crippen molar-refractivity contribution >= 4 is 26.0 Å². The van der Waals surface area contributed by atoms with Crippen molar-refractivity contribution in [3.63, 3.8) is 0 Å². The van der Waals surface area contributed by atoms with Crippen molar-refractivity contribution in [3.05, 3.63) is 28.7 Å². The van der Waals surface area contributed by atoms with Gasteiger partial charge in [-0.25, -0.2) is 8.42 Å². The fraction of sp³-hybridized carbons (Fsp3) is 0.571. The van der Waals surface area contributed by atoms with E-state index in [4.69, 9.17) is 0 Å². The zero-order chi connectivity index (χ0) is 15.5. The highest BCUT2D eigenvalue weighted by atomic mass is 79.9. The number of aliphatic hydroxyl groups is 1. The Morgan fingerprint density at radius 1 is 1.29 bits per heavy atom. The quantitative estimate of drug-likeness (QED) is 0.846. The van der Waals surface area contributed by atoms with Gasteiger partial charge in [0, 0.05) is 17.1 Å². The minimum atomic E-state index is -3.56. The topological polar surface area (TPSA) is 60.9 Å². The average molecular weight is 377 g/mol. The summed E-state index contributed by atoms with van der Waals surface area (Å²) in [5, 5.41) is 9.25. The molecule has 0 amide bonds. The van der Waals surface area contributed by atoms with Crippen LogP contribution in [0.25, 0.3) is 0 Å². The van der Waals surface area contributed by atoms with Gasteiger partial charge >= 0.3 is 0 Å². The zero-order valence-corrected chi connectivity index (χ0v) is 14.5. The van der Waals surface area contributed by atoms with Crippen LogP contribution in [-0.4, -0.2) is 62.1 Å². The summed E-state index contributed by atoms with van der Waals surface area (Å²) in [7, 11) is -1.53. The van der Waals surface area contributed by atoms with E-state index < -0.39 is 10.0 Å². The van der Waals surface area contributed by atoms with Gasteiger partial charge in [0.2, 0.25) is 10.0 Å². The summed E-state index contributed by atoms with van der Waals surface area (Å²) < 4.78 is 27.9. The third-order valence-corrected chi connectivity index (χ3v) is 6.33. The largest absolute Gasteiger partial charge is 0.395 e. The molecule has 0 aromatic heterocycles. The van der Waals surface area contributed by atoms with Crippen LogP contribution >= 0.6 is 15.9 Å². The van der Waals surface area contributed by atoms with Gasteiger partial charge in [-0.1, -0.05) is 15.9 Å². The average Bonchev–Trinajstić information content (AvgIpc) is 2.46. The number of rotatable bonds is 5. The molecule has 1 aliphatic heterocycles. The van der Waals surface area contributed by atoms with E-state index in [-0.39, 0.29) is 24.1 Å². The number of nitrogens with zero attached hydrogens (tertiary/aromatic N) is 2. The number of hydrogen-bond acceptors (Lipinski definition) is 4. The third kappa shape index (κ3) is 4.04. The summed E-state index contributed by atoms with van der Waals surface area (Å²) in [5.74, 6) is 0. The Morgan fingerprint density at radius 3 is 2.38 bits per heavy atom. The molecule has 0 unspecified atom stereocenters. The highest BCUT2D eigenvalue weighted by Gasteiger charge is 2.32. The summed E-state index contributed by atoms with van der Waals surface area (Å²) in [5.41, 5.74) is 0. The predicted octanol–water partition coefficient (Wildman–Crippen LogP) is 1.53. The van der Waals surface area contributed by atoms with Crippen molar-refractivity contribution in [2.75, 3.05) is 33.3 Å². The van der Waals surface area contributed by atoms with E-state index in [0.29, 0.717) is 0 Å². The molecule has 1 aliphatic rings. The maximum atomic E-state index is 12.8. The second-order valence-electron chi connectivity index (χ2n) is 5.33. The van der Waals surface area contributed by atoms with E-state index >= 15 is 0 Å². The van der Waals surface area contributed by atoms with E-state index in [0.717, 1.165) is 30.4 Å². The maximum Gasteiger partial charge on any atom is 0.243 e. The van der Waals surface area contributed by atoms with Gasteiger partial charge in [0.1, 0.15) is 0 Å². The van der Waals surface area contributed by atoms with Gasteiger partial charge in [0.25, 0.3) is 0 Å². The normalized spacial score (nSPS) is 18.3. The number of benzene rings is 1. The zero-order valence-electron chi connectivity index (χ0n) is 12.1. The Labute approximate surface area is 134 Å². The molecule has 1 N–H and O–H groups in total. The Kier molecular flexibility index (Phi) is 5.79. The number of halogens is 1. The lowest BCUT2D eigenvalue weighted by molar-refractivity contribution is 0.161. The van der Waals surface area contributed by atoms with Crippen LogP contribution in [0.1, 0.15) is 12.8 Å². The summed E-state index contributed by atoms with van der Waals surface area (Å²) in [6, 6.07) is 6.59. The highest BCUT2D eigenvalue weighted by Crippen LogP contribution is 2.24. The molecular weight excluding hydrogens is 356 g/mol. The molecule has 118 valence electrons. The van der Waals surface area contributed by atoms with Crippen LogP contribution in [0.4, 0.5) is 0 Å². The van der Waals surface area contributed by atoms with Crippen molar-refractivity contribution in [1.29, 1.82) is 0 Å². The molecule has 7 heteroatoms. The molecule has 0 saturated carbocycles. The van der Waals surface area contributed by atoms with Crippen molar-refractivity contribution in [1.82, 2.24) is 9.21 Å². The predicted molar refractivity (Wildman–Crippen MR) is 85.6 cm³/mol. The molecule has 0 bridgehead atoms. The first-order valence-electron chi connectivity index (χ1n) is 7.02. The molecule has 5 nitrogen and oxygen atoms in total. The molecule has 0 aliphatic carbocycles. The Morgan fingerprint density at radius 2 is 1.86 bits per heavy atom. The minimum absolute atomic E-state index is 0.0398. The van der Waals surface area contributed by atoms with Gasteiger partial charge in [-0.3, -0.25) is 0 Å². The van der Waals surface area contributed by atoms with Crippen LogP contribution in [0.5, 0.6) is 0 Å². The summed E-state index contributed by atoms with van der Waals surface area (Å²) >= 11 is 3.31. The lowest BCUT2D eigenvalue weighted by atomic mass is 10.1. The number of likely N-dealkylation sites (tertiary alicyclic amines) is 1. The number of hydrogen-bond donors (Lipinski definition) is 1. The molecule has 1 saturated heterocycles. The van der Waals surface area contributed by atoms with E-state index in [1.54, 1.807) is 24.3 Å². The monoisotopic (exact) mass is 376 g/mol. The minimum Gasteiger partial charge on any atom is -0.395 e. The van der Waals surface area contributed by atoms with Crippen molar-refractivity contribution < 1.29 is 13.5 Å². The van der Waals surface area contributed by atoms with Crippen LogP contribution in [0, 0.1) is 0 Å². The molecule has 2 rings (SSSR count). The fourth-order valence-corrected chi connectivity index (χ4v) is 4.56. The molecule has 0 spiro atoms.